The van der Waals surface area contributed by atoms with Crippen LogP contribution in [0.1, 0.15) is 32.8 Å². The number of carbonyl (C=O) groups is 1. The van der Waals surface area contributed by atoms with Crippen molar-refractivity contribution in [2.45, 2.75) is 39.7 Å². The van der Waals surface area contributed by atoms with E-state index in [4.69, 9.17) is 20.9 Å². The molecule has 1 aromatic rings. The Labute approximate surface area is 126 Å². The summed E-state index contributed by atoms with van der Waals surface area (Å²) in [6.45, 7) is 6.48. The zero-order valence-electron chi connectivity index (χ0n) is 13.1. The van der Waals surface area contributed by atoms with E-state index in [-0.39, 0.29) is 24.5 Å². The molecule has 0 fully saturated rings. The van der Waals surface area contributed by atoms with Gasteiger partial charge in [-0.15, -0.1) is 0 Å². The number of ether oxygens (including phenoxy) is 2. The lowest BCUT2D eigenvalue weighted by Gasteiger charge is -2.19. The molecule has 1 aromatic carbocycles. The molecule has 5 nitrogen and oxygen atoms in total. The third-order valence-corrected chi connectivity index (χ3v) is 3.33. The maximum absolute atomic E-state index is 11.1. The second-order valence-corrected chi connectivity index (χ2v) is 5.16. The molecule has 0 saturated heterocycles. The molecule has 5 heteroatoms. The van der Waals surface area contributed by atoms with Crippen molar-refractivity contribution in [3.8, 4) is 11.5 Å². The van der Waals surface area contributed by atoms with Gasteiger partial charge in [0.25, 0.3) is 0 Å². The zero-order valence-corrected chi connectivity index (χ0v) is 13.1. The molecule has 4 N–H and O–H groups in total. The Morgan fingerprint density at radius 2 is 2.00 bits per heavy atom. The minimum Gasteiger partial charge on any atom is -0.490 e. The Morgan fingerprint density at radius 3 is 2.57 bits per heavy atom. The van der Waals surface area contributed by atoms with Crippen molar-refractivity contribution in [2.24, 2.45) is 17.4 Å². The number of benzene rings is 1. The van der Waals surface area contributed by atoms with E-state index in [2.05, 4.69) is 0 Å². The van der Waals surface area contributed by atoms with Crippen molar-refractivity contribution < 1.29 is 14.3 Å². The van der Waals surface area contributed by atoms with Gasteiger partial charge in [0, 0.05) is 6.04 Å². The fourth-order valence-electron chi connectivity index (χ4n) is 1.87. The number of rotatable bonds is 9. The van der Waals surface area contributed by atoms with Gasteiger partial charge < -0.3 is 20.9 Å². The molecule has 0 radical (unpaired) electrons. The van der Waals surface area contributed by atoms with E-state index in [0.29, 0.717) is 24.5 Å². The van der Waals surface area contributed by atoms with E-state index in [9.17, 15) is 4.79 Å². The summed E-state index contributed by atoms with van der Waals surface area (Å²) in [6.07, 6.45) is 1.59. The van der Waals surface area contributed by atoms with Crippen LogP contribution < -0.4 is 20.9 Å². The second-order valence-electron chi connectivity index (χ2n) is 5.16. The molecule has 1 amide bonds. The van der Waals surface area contributed by atoms with Gasteiger partial charge in [0.1, 0.15) is 0 Å². The summed E-state index contributed by atoms with van der Waals surface area (Å²) in [7, 11) is 0. The highest BCUT2D eigenvalue weighted by atomic mass is 16.5. The highest BCUT2D eigenvalue weighted by Gasteiger charge is 2.16. The fraction of sp³-hybridized carbons (Fsp3) is 0.562. The smallest absolute Gasteiger partial charge is 0.223 e. The van der Waals surface area contributed by atoms with Crippen LogP contribution in [-0.2, 0) is 11.2 Å². The molecule has 0 saturated carbocycles. The maximum atomic E-state index is 11.1. The maximum Gasteiger partial charge on any atom is 0.223 e. The van der Waals surface area contributed by atoms with E-state index in [0.717, 1.165) is 12.0 Å². The molecule has 1 rings (SSSR count). The summed E-state index contributed by atoms with van der Waals surface area (Å²) < 4.78 is 11.4. The lowest BCUT2D eigenvalue weighted by Crippen LogP contribution is -2.26. The highest BCUT2D eigenvalue weighted by molar-refractivity contribution is 5.76. The lowest BCUT2D eigenvalue weighted by molar-refractivity contribution is -0.122. The van der Waals surface area contributed by atoms with Gasteiger partial charge >= 0.3 is 0 Å². The highest BCUT2D eigenvalue weighted by Crippen LogP contribution is 2.32. The van der Waals surface area contributed by atoms with Gasteiger partial charge in [0.05, 0.1) is 19.1 Å². The number of nitrogens with two attached hydrogens (primary N) is 2. The molecule has 2 unspecified atom stereocenters. The minimum absolute atomic E-state index is 0.0674. The van der Waals surface area contributed by atoms with Gasteiger partial charge in [-0.2, -0.15) is 0 Å². The second kappa shape index (κ2) is 8.52. The number of amides is 1. The molecule has 0 spiro atoms. The molecule has 0 bridgehead atoms. The van der Waals surface area contributed by atoms with E-state index >= 15 is 0 Å². The molecule has 2 atom stereocenters. The molecule has 0 aliphatic heterocycles. The summed E-state index contributed by atoms with van der Waals surface area (Å²) in [6, 6.07) is 5.82. The van der Waals surface area contributed by atoms with Gasteiger partial charge in [0.2, 0.25) is 5.91 Å². The SMILES string of the molecule is CCOc1cccc(CC(N)CC)c1OCC(C)C(N)=O. The molecule has 0 aromatic heterocycles. The van der Waals surface area contributed by atoms with Crippen LogP contribution in [0.5, 0.6) is 11.5 Å². The van der Waals surface area contributed by atoms with Crippen LogP contribution in [0.2, 0.25) is 0 Å². The number of carbonyl (C=O) groups excluding carboxylic acids is 1. The Balaban J connectivity index is 2.96. The molecular weight excluding hydrogens is 268 g/mol. The van der Waals surface area contributed by atoms with Crippen molar-refractivity contribution in [3.05, 3.63) is 23.8 Å². The van der Waals surface area contributed by atoms with E-state index in [1.807, 2.05) is 32.0 Å². The first kappa shape index (κ1) is 17.3. The monoisotopic (exact) mass is 294 g/mol. The predicted octanol–water partition coefficient (Wildman–Crippen LogP) is 1.87. The largest absolute Gasteiger partial charge is 0.490 e. The van der Waals surface area contributed by atoms with Crippen LogP contribution in [0.3, 0.4) is 0 Å². The van der Waals surface area contributed by atoms with Crippen molar-refractivity contribution >= 4 is 5.91 Å². The quantitative estimate of drug-likeness (QED) is 0.727. The van der Waals surface area contributed by atoms with Crippen LogP contribution in [-0.4, -0.2) is 25.2 Å². The van der Waals surface area contributed by atoms with Gasteiger partial charge in [-0.25, -0.2) is 0 Å². The summed E-state index contributed by atoms with van der Waals surface area (Å²) in [5, 5.41) is 0. The number of primary amides is 1. The summed E-state index contributed by atoms with van der Waals surface area (Å²) in [4.78, 5) is 11.1. The summed E-state index contributed by atoms with van der Waals surface area (Å²) in [5.74, 6) is 0.606. The fourth-order valence-corrected chi connectivity index (χ4v) is 1.87. The molecule has 0 heterocycles. The first-order valence-electron chi connectivity index (χ1n) is 7.41. The van der Waals surface area contributed by atoms with Gasteiger partial charge in [-0.3, -0.25) is 4.79 Å². The molecule has 0 aliphatic carbocycles. The van der Waals surface area contributed by atoms with E-state index in [1.54, 1.807) is 6.92 Å². The van der Waals surface area contributed by atoms with Gasteiger partial charge in [-0.05, 0) is 31.4 Å². The standard InChI is InChI=1S/C16H26N2O3/c1-4-13(17)9-12-7-6-8-14(20-5-2)15(12)21-10-11(3)16(18)19/h6-8,11,13H,4-5,9-10,17H2,1-3H3,(H2,18,19). The Bertz CT molecular complexity index is 463. The van der Waals surface area contributed by atoms with Crippen LogP contribution in [0.25, 0.3) is 0 Å². The minimum atomic E-state index is -0.379. The Kier molecular flexibility index (Phi) is 7.02. The molecule has 118 valence electrons. The first-order chi connectivity index (χ1) is 9.99. The Hall–Kier alpha value is -1.75. The summed E-state index contributed by atoms with van der Waals surface area (Å²) >= 11 is 0. The van der Waals surface area contributed by atoms with Crippen molar-refractivity contribution in [1.82, 2.24) is 0 Å². The predicted molar refractivity (Wildman–Crippen MR) is 83.4 cm³/mol. The van der Waals surface area contributed by atoms with Crippen LogP contribution in [0, 0.1) is 5.92 Å². The lowest BCUT2D eigenvalue weighted by atomic mass is 10.0. The molecule has 0 aliphatic rings. The third kappa shape index (κ3) is 5.27. The van der Waals surface area contributed by atoms with Crippen LogP contribution in [0.4, 0.5) is 0 Å². The zero-order chi connectivity index (χ0) is 15.8. The number of hydrogen-bond acceptors (Lipinski definition) is 4. The third-order valence-electron chi connectivity index (χ3n) is 3.33. The summed E-state index contributed by atoms with van der Waals surface area (Å²) in [5.41, 5.74) is 12.3. The van der Waals surface area contributed by atoms with Crippen molar-refractivity contribution in [1.29, 1.82) is 0 Å². The van der Waals surface area contributed by atoms with Crippen LogP contribution >= 0.6 is 0 Å². The number of hydrogen-bond donors (Lipinski definition) is 2. The number of para-hydroxylation sites is 1. The average molecular weight is 294 g/mol. The van der Waals surface area contributed by atoms with Crippen molar-refractivity contribution in [2.75, 3.05) is 13.2 Å². The van der Waals surface area contributed by atoms with Crippen molar-refractivity contribution in [3.63, 3.8) is 0 Å². The van der Waals surface area contributed by atoms with E-state index in [1.165, 1.54) is 0 Å². The Morgan fingerprint density at radius 1 is 1.29 bits per heavy atom. The average Bonchev–Trinajstić information content (AvgIpc) is 2.46. The van der Waals surface area contributed by atoms with Gasteiger partial charge in [-0.1, -0.05) is 26.0 Å². The van der Waals surface area contributed by atoms with Crippen LogP contribution in [0.15, 0.2) is 18.2 Å². The van der Waals surface area contributed by atoms with Gasteiger partial charge in [0.15, 0.2) is 11.5 Å². The van der Waals surface area contributed by atoms with E-state index < -0.39 is 0 Å². The normalized spacial score (nSPS) is 13.5. The molecular formula is C16H26N2O3. The topological polar surface area (TPSA) is 87.6 Å². The first-order valence-corrected chi connectivity index (χ1v) is 7.41. The molecule has 21 heavy (non-hydrogen) atoms.